The second-order valence-electron chi connectivity index (χ2n) is 6.39. The molecular formula is C18H24N4O2. The van der Waals surface area contributed by atoms with Crippen molar-refractivity contribution < 1.29 is 9.53 Å². The van der Waals surface area contributed by atoms with Gasteiger partial charge in [-0.25, -0.2) is 4.79 Å². The van der Waals surface area contributed by atoms with Gasteiger partial charge in [-0.05, 0) is 30.9 Å². The van der Waals surface area contributed by atoms with Crippen LogP contribution in [-0.4, -0.2) is 40.9 Å². The zero-order valence-electron chi connectivity index (χ0n) is 14.5. The summed E-state index contributed by atoms with van der Waals surface area (Å²) in [6.45, 7) is 3.81. The number of nitrogens with one attached hydrogen (secondary N) is 1. The van der Waals surface area contributed by atoms with Gasteiger partial charge in [-0.1, -0.05) is 19.1 Å². The Balaban J connectivity index is 1.75. The summed E-state index contributed by atoms with van der Waals surface area (Å²) in [5.74, 6) is 2.03. The molecule has 2 heterocycles. The summed E-state index contributed by atoms with van der Waals surface area (Å²) in [6, 6.07) is 9.56. The summed E-state index contributed by atoms with van der Waals surface area (Å²) < 4.78 is 6.95. The Morgan fingerprint density at radius 1 is 1.38 bits per heavy atom. The number of anilines is 1. The minimum atomic E-state index is -0.0539. The van der Waals surface area contributed by atoms with Crippen LogP contribution in [0.5, 0.6) is 5.75 Å². The van der Waals surface area contributed by atoms with Gasteiger partial charge in [-0.3, -0.25) is 10.00 Å². The molecular weight excluding hydrogens is 304 g/mol. The molecule has 6 heteroatoms. The summed E-state index contributed by atoms with van der Waals surface area (Å²) in [6.07, 6.45) is 2.25. The van der Waals surface area contributed by atoms with E-state index in [1.807, 2.05) is 42.3 Å². The molecule has 128 valence electrons. The van der Waals surface area contributed by atoms with Crippen molar-refractivity contribution in [1.29, 1.82) is 0 Å². The van der Waals surface area contributed by atoms with Crippen molar-refractivity contribution in [2.45, 2.75) is 19.8 Å². The van der Waals surface area contributed by atoms with Crippen LogP contribution in [0.15, 0.2) is 30.3 Å². The zero-order chi connectivity index (χ0) is 17.1. The third-order valence-corrected chi connectivity index (χ3v) is 4.42. The fourth-order valence-corrected chi connectivity index (χ4v) is 3.07. The molecule has 2 amide bonds. The van der Waals surface area contributed by atoms with Crippen molar-refractivity contribution in [3.8, 4) is 17.0 Å². The van der Waals surface area contributed by atoms with Gasteiger partial charge in [0, 0.05) is 31.8 Å². The smallest absolute Gasteiger partial charge is 0.323 e. The number of benzene rings is 1. The number of hydrogen-bond donors (Lipinski definition) is 1. The van der Waals surface area contributed by atoms with Crippen LogP contribution in [-0.2, 0) is 7.05 Å². The van der Waals surface area contributed by atoms with Crippen LogP contribution in [0.1, 0.15) is 19.8 Å². The summed E-state index contributed by atoms with van der Waals surface area (Å²) in [4.78, 5) is 14.3. The van der Waals surface area contributed by atoms with E-state index in [-0.39, 0.29) is 6.03 Å². The van der Waals surface area contributed by atoms with Crippen LogP contribution in [0.3, 0.4) is 0 Å². The highest BCUT2D eigenvalue weighted by Crippen LogP contribution is 2.25. The second-order valence-corrected chi connectivity index (χ2v) is 6.39. The molecule has 0 spiro atoms. The first-order valence-corrected chi connectivity index (χ1v) is 8.31. The topological polar surface area (TPSA) is 59.4 Å². The number of carbonyl (C=O) groups excluding carboxylic acids is 1. The number of carbonyl (C=O) groups is 1. The minimum absolute atomic E-state index is 0.0539. The summed E-state index contributed by atoms with van der Waals surface area (Å²) in [5.41, 5.74) is 1.76. The van der Waals surface area contributed by atoms with E-state index in [1.54, 1.807) is 11.8 Å². The predicted molar refractivity (Wildman–Crippen MR) is 94.2 cm³/mol. The van der Waals surface area contributed by atoms with Gasteiger partial charge in [0.05, 0.1) is 12.8 Å². The lowest BCUT2D eigenvalue weighted by Crippen LogP contribution is -2.41. The van der Waals surface area contributed by atoms with Crippen molar-refractivity contribution in [3.63, 3.8) is 0 Å². The lowest BCUT2D eigenvalue weighted by molar-refractivity contribution is 0.182. The van der Waals surface area contributed by atoms with Crippen molar-refractivity contribution in [2.24, 2.45) is 13.0 Å². The number of rotatable bonds is 3. The maximum atomic E-state index is 12.5. The van der Waals surface area contributed by atoms with Gasteiger partial charge in [-0.2, -0.15) is 5.10 Å². The molecule has 0 radical (unpaired) electrons. The number of ether oxygens (including phenoxy) is 1. The number of urea groups is 1. The Hall–Kier alpha value is -2.50. The molecule has 0 unspecified atom stereocenters. The molecule has 1 fully saturated rings. The van der Waals surface area contributed by atoms with Gasteiger partial charge < -0.3 is 9.64 Å². The fraction of sp³-hybridized carbons (Fsp3) is 0.444. The molecule has 1 aliphatic heterocycles. The van der Waals surface area contributed by atoms with Gasteiger partial charge in [0.2, 0.25) is 0 Å². The maximum absolute atomic E-state index is 12.5. The lowest BCUT2D eigenvalue weighted by atomic mass is 10.0. The molecule has 0 saturated carbocycles. The van der Waals surface area contributed by atoms with E-state index >= 15 is 0 Å². The van der Waals surface area contributed by atoms with E-state index in [4.69, 9.17) is 4.74 Å². The molecule has 1 atom stereocenters. The largest absolute Gasteiger partial charge is 0.497 e. The first kappa shape index (κ1) is 16.4. The van der Waals surface area contributed by atoms with E-state index in [0.29, 0.717) is 11.7 Å². The number of hydrogen-bond acceptors (Lipinski definition) is 3. The quantitative estimate of drug-likeness (QED) is 0.940. The number of aromatic nitrogens is 2. The average Bonchev–Trinajstić information content (AvgIpc) is 2.95. The highest BCUT2D eigenvalue weighted by Gasteiger charge is 2.22. The van der Waals surface area contributed by atoms with Crippen LogP contribution in [0.25, 0.3) is 11.3 Å². The number of nitrogens with zero attached hydrogens (tertiary/aromatic N) is 3. The molecule has 3 rings (SSSR count). The molecule has 6 nitrogen and oxygen atoms in total. The third-order valence-electron chi connectivity index (χ3n) is 4.42. The van der Waals surface area contributed by atoms with E-state index in [1.165, 1.54) is 6.42 Å². The normalized spacial score (nSPS) is 17.6. The standard InChI is InChI=1S/C18H24N4O2/c1-13-6-5-9-22(12-13)18(23)19-17-11-16(20-21(17)2)14-7-4-8-15(10-14)24-3/h4,7-8,10-11,13H,5-6,9,12H2,1-3H3,(H,19,23)/t13-/m0/s1. The zero-order valence-corrected chi connectivity index (χ0v) is 14.5. The van der Waals surface area contributed by atoms with Crippen molar-refractivity contribution in [1.82, 2.24) is 14.7 Å². The molecule has 24 heavy (non-hydrogen) atoms. The summed E-state index contributed by atoms with van der Waals surface area (Å²) in [7, 11) is 3.47. The number of piperidine rings is 1. The average molecular weight is 328 g/mol. The Morgan fingerprint density at radius 3 is 2.96 bits per heavy atom. The Kier molecular flexibility index (Phi) is 4.74. The molecule has 1 aromatic carbocycles. The van der Waals surface area contributed by atoms with Gasteiger partial charge >= 0.3 is 6.03 Å². The van der Waals surface area contributed by atoms with E-state index in [9.17, 15) is 4.79 Å². The molecule has 1 N–H and O–H groups in total. The van der Waals surface area contributed by atoms with Gasteiger partial charge in [0.15, 0.2) is 0 Å². The van der Waals surface area contributed by atoms with Crippen LogP contribution in [0.2, 0.25) is 0 Å². The van der Waals surface area contributed by atoms with E-state index < -0.39 is 0 Å². The monoisotopic (exact) mass is 328 g/mol. The molecule has 0 aliphatic carbocycles. The SMILES string of the molecule is COc1cccc(-c2cc(NC(=O)N3CCC[C@H](C)C3)n(C)n2)c1. The second kappa shape index (κ2) is 6.95. The number of likely N-dealkylation sites (tertiary alicyclic amines) is 1. The van der Waals surface area contributed by atoms with Crippen LogP contribution < -0.4 is 10.1 Å². The Labute approximate surface area is 142 Å². The molecule has 0 bridgehead atoms. The lowest BCUT2D eigenvalue weighted by Gasteiger charge is -2.30. The number of amides is 2. The van der Waals surface area contributed by atoms with Crippen molar-refractivity contribution >= 4 is 11.8 Å². The molecule has 1 saturated heterocycles. The molecule has 1 aliphatic rings. The van der Waals surface area contributed by atoms with E-state index in [2.05, 4.69) is 17.3 Å². The predicted octanol–water partition coefficient (Wildman–Crippen LogP) is 3.36. The highest BCUT2D eigenvalue weighted by molar-refractivity contribution is 5.89. The Morgan fingerprint density at radius 2 is 2.21 bits per heavy atom. The molecule has 2 aromatic rings. The first-order valence-electron chi connectivity index (χ1n) is 8.31. The maximum Gasteiger partial charge on any atom is 0.323 e. The van der Waals surface area contributed by atoms with Crippen LogP contribution in [0.4, 0.5) is 10.6 Å². The van der Waals surface area contributed by atoms with E-state index in [0.717, 1.165) is 36.5 Å². The fourth-order valence-electron chi connectivity index (χ4n) is 3.07. The van der Waals surface area contributed by atoms with Crippen molar-refractivity contribution in [2.75, 3.05) is 25.5 Å². The Bertz CT molecular complexity index is 726. The number of aryl methyl sites for hydroxylation is 1. The van der Waals surface area contributed by atoms with Crippen molar-refractivity contribution in [3.05, 3.63) is 30.3 Å². The van der Waals surface area contributed by atoms with Crippen LogP contribution >= 0.6 is 0 Å². The molecule has 1 aromatic heterocycles. The first-order chi connectivity index (χ1) is 11.6. The van der Waals surface area contributed by atoms with Gasteiger partial charge in [0.25, 0.3) is 0 Å². The minimum Gasteiger partial charge on any atom is -0.497 e. The van der Waals surface area contributed by atoms with Gasteiger partial charge in [-0.15, -0.1) is 0 Å². The van der Waals surface area contributed by atoms with Gasteiger partial charge in [0.1, 0.15) is 11.6 Å². The third kappa shape index (κ3) is 3.53. The summed E-state index contributed by atoms with van der Waals surface area (Å²) >= 11 is 0. The number of methoxy groups -OCH3 is 1. The highest BCUT2D eigenvalue weighted by atomic mass is 16.5. The van der Waals surface area contributed by atoms with Crippen LogP contribution in [0, 0.1) is 5.92 Å². The summed E-state index contributed by atoms with van der Waals surface area (Å²) in [5, 5.41) is 7.47.